The number of benzene rings is 2. The zero-order valence-corrected chi connectivity index (χ0v) is 30.6. The molecule has 0 aromatic heterocycles. The molecular formula is C43H71NO3. The predicted octanol–water partition coefficient (Wildman–Crippen LogP) is 14.1. The Hall–Kier alpha value is -2.49. The van der Waals surface area contributed by atoms with Crippen molar-refractivity contribution in [3.63, 3.8) is 0 Å². The van der Waals surface area contributed by atoms with E-state index in [-0.39, 0.29) is 5.75 Å². The number of hydrogen-bond acceptors (Lipinski definition) is 4. The van der Waals surface area contributed by atoms with Gasteiger partial charge in [0.1, 0.15) is 17.2 Å². The van der Waals surface area contributed by atoms with Gasteiger partial charge in [-0.05, 0) is 49.2 Å². The molecular weight excluding hydrogens is 578 g/mol. The smallest absolute Gasteiger partial charge is 0.128 e. The van der Waals surface area contributed by atoms with Crippen molar-refractivity contribution in [2.24, 2.45) is 4.99 Å². The van der Waals surface area contributed by atoms with Crippen molar-refractivity contribution in [3.05, 3.63) is 48.0 Å². The second-order valence-electron chi connectivity index (χ2n) is 13.7. The van der Waals surface area contributed by atoms with Gasteiger partial charge in [-0.1, -0.05) is 168 Å². The standard InChI is InChI=1S/C43H71NO3/c1-3-5-7-9-11-13-15-17-18-20-21-23-25-27-35-46-41-33-30-40(31-34-41)44-38-39-29-32-42(37-43(39)45)47-36-28-26-24-22-19-16-14-12-10-8-6-4-2/h29-34,37-38,45H,3-28,35-36H2,1-2H3. The van der Waals surface area contributed by atoms with E-state index in [1.807, 2.05) is 36.4 Å². The summed E-state index contributed by atoms with van der Waals surface area (Å²) in [6.45, 7) is 6.02. The summed E-state index contributed by atoms with van der Waals surface area (Å²) in [5.74, 6) is 1.79. The van der Waals surface area contributed by atoms with Crippen LogP contribution >= 0.6 is 0 Å². The molecule has 0 saturated heterocycles. The normalized spacial score (nSPS) is 11.4. The van der Waals surface area contributed by atoms with E-state index in [2.05, 4.69) is 18.8 Å². The maximum Gasteiger partial charge on any atom is 0.128 e. The zero-order valence-electron chi connectivity index (χ0n) is 30.6. The van der Waals surface area contributed by atoms with E-state index in [1.165, 1.54) is 154 Å². The molecule has 47 heavy (non-hydrogen) atoms. The first-order valence-electron chi connectivity index (χ1n) is 20.0. The van der Waals surface area contributed by atoms with Crippen LogP contribution < -0.4 is 9.47 Å². The van der Waals surface area contributed by atoms with E-state index < -0.39 is 0 Å². The monoisotopic (exact) mass is 650 g/mol. The fraction of sp³-hybridized carbons (Fsp3) is 0.698. The molecule has 0 radical (unpaired) electrons. The van der Waals surface area contributed by atoms with Crippen LogP contribution in [0.1, 0.15) is 186 Å². The largest absolute Gasteiger partial charge is 0.507 e. The lowest BCUT2D eigenvalue weighted by Gasteiger charge is -2.08. The molecule has 0 aliphatic carbocycles. The number of ether oxygens (including phenoxy) is 2. The number of phenols is 1. The maximum atomic E-state index is 10.5. The molecule has 266 valence electrons. The Balaban J connectivity index is 1.48. The third-order valence-corrected chi connectivity index (χ3v) is 9.22. The van der Waals surface area contributed by atoms with E-state index in [1.54, 1.807) is 12.3 Å². The molecule has 0 atom stereocenters. The highest BCUT2D eigenvalue weighted by atomic mass is 16.5. The Morgan fingerprint density at radius 1 is 0.468 bits per heavy atom. The lowest BCUT2D eigenvalue weighted by atomic mass is 10.0. The summed E-state index contributed by atoms with van der Waals surface area (Å²) in [5, 5.41) is 10.5. The number of hydrogen-bond donors (Lipinski definition) is 1. The lowest BCUT2D eigenvalue weighted by Crippen LogP contribution is -1.97. The van der Waals surface area contributed by atoms with Gasteiger partial charge >= 0.3 is 0 Å². The minimum Gasteiger partial charge on any atom is -0.507 e. The minimum absolute atomic E-state index is 0.189. The number of rotatable bonds is 32. The molecule has 4 nitrogen and oxygen atoms in total. The average Bonchev–Trinajstić information content (AvgIpc) is 3.08. The van der Waals surface area contributed by atoms with Gasteiger partial charge in [-0.3, -0.25) is 4.99 Å². The molecule has 0 fully saturated rings. The summed E-state index contributed by atoms with van der Waals surface area (Å²) in [6, 6.07) is 13.3. The van der Waals surface area contributed by atoms with Crippen molar-refractivity contribution in [2.75, 3.05) is 13.2 Å². The third kappa shape index (κ3) is 22.7. The molecule has 0 saturated carbocycles. The SMILES string of the molecule is CCCCCCCCCCCCCCCCOc1ccc(N=Cc2ccc(OCCCCCCCCCCCCCC)cc2O)cc1. The minimum atomic E-state index is 0.189. The molecule has 2 aromatic carbocycles. The lowest BCUT2D eigenvalue weighted by molar-refractivity contribution is 0.302. The first kappa shape index (κ1) is 40.7. The number of unbranched alkanes of at least 4 members (excludes halogenated alkanes) is 24. The topological polar surface area (TPSA) is 51.0 Å². The molecule has 0 spiro atoms. The molecule has 0 aliphatic heterocycles. The first-order chi connectivity index (χ1) is 23.2. The van der Waals surface area contributed by atoms with Crippen molar-refractivity contribution in [2.45, 2.75) is 181 Å². The Morgan fingerprint density at radius 3 is 1.23 bits per heavy atom. The molecule has 0 unspecified atom stereocenters. The van der Waals surface area contributed by atoms with Crippen LogP contribution in [0.25, 0.3) is 0 Å². The van der Waals surface area contributed by atoms with Gasteiger partial charge in [-0.15, -0.1) is 0 Å². The van der Waals surface area contributed by atoms with Crippen LogP contribution in [0, 0.1) is 0 Å². The zero-order chi connectivity index (χ0) is 33.5. The van der Waals surface area contributed by atoms with Crippen LogP contribution in [0.3, 0.4) is 0 Å². The van der Waals surface area contributed by atoms with Crippen LogP contribution in [0.15, 0.2) is 47.5 Å². The molecule has 2 aromatic rings. The van der Waals surface area contributed by atoms with Gasteiger partial charge in [-0.25, -0.2) is 0 Å². The second kappa shape index (κ2) is 29.6. The van der Waals surface area contributed by atoms with Crippen LogP contribution in [0.4, 0.5) is 5.69 Å². The maximum absolute atomic E-state index is 10.5. The highest BCUT2D eigenvalue weighted by molar-refractivity contribution is 5.85. The van der Waals surface area contributed by atoms with E-state index in [0.29, 0.717) is 17.9 Å². The van der Waals surface area contributed by atoms with Crippen molar-refractivity contribution < 1.29 is 14.6 Å². The first-order valence-corrected chi connectivity index (χ1v) is 20.0. The third-order valence-electron chi connectivity index (χ3n) is 9.22. The quantitative estimate of drug-likeness (QED) is 0.0634. The molecule has 0 amide bonds. The molecule has 1 N–H and O–H groups in total. The van der Waals surface area contributed by atoms with Gasteiger partial charge < -0.3 is 14.6 Å². The van der Waals surface area contributed by atoms with Crippen LogP contribution in [-0.2, 0) is 0 Å². The molecule has 0 aliphatic rings. The van der Waals surface area contributed by atoms with E-state index in [0.717, 1.165) is 30.9 Å². The van der Waals surface area contributed by atoms with E-state index in [4.69, 9.17) is 9.47 Å². The Labute approximate surface area is 290 Å². The predicted molar refractivity (Wildman–Crippen MR) is 204 cm³/mol. The van der Waals surface area contributed by atoms with Crippen LogP contribution in [0.5, 0.6) is 17.2 Å². The summed E-state index contributed by atoms with van der Waals surface area (Å²) in [5.41, 5.74) is 1.52. The van der Waals surface area contributed by atoms with Crippen molar-refractivity contribution >= 4 is 11.9 Å². The summed E-state index contributed by atoms with van der Waals surface area (Å²) in [4.78, 5) is 4.54. The highest BCUT2D eigenvalue weighted by Crippen LogP contribution is 2.24. The summed E-state index contributed by atoms with van der Waals surface area (Å²) < 4.78 is 11.8. The molecule has 2 rings (SSSR count). The van der Waals surface area contributed by atoms with E-state index >= 15 is 0 Å². The number of aliphatic imine (C=N–C) groups is 1. The van der Waals surface area contributed by atoms with Crippen molar-refractivity contribution in [1.82, 2.24) is 0 Å². The Kier molecular flexibility index (Phi) is 25.7. The molecule has 0 heterocycles. The average molecular weight is 650 g/mol. The molecule has 0 bridgehead atoms. The number of nitrogens with zero attached hydrogens (tertiary/aromatic N) is 1. The highest BCUT2D eigenvalue weighted by Gasteiger charge is 2.03. The van der Waals surface area contributed by atoms with Crippen LogP contribution in [0.2, 0.25) is 0 Å². The van der Waals surface area contributed by atoms with Crippen LogP contribution in [-0.4, -0.2) is 24.5 Å². The van der Waals surface area contributed by atoms with Gasteiger partial charge in [-0.2, -0.15) is 0 Å². The number of phenolic OH excluding ortho intramolecular Hbond substituents is 1. The Bertz CT molecular complexity index is 1000. The second-order valence-corrected chi connectivity index (χ2v) is 13.7. The van der Waals surface area contributed by atoms with E-state index in [9.17, 15) is 5.11 Å². The molecule has 4 heteroatoms. The van der Waals surface area contributed by atoms with Crippen molar-refractivity contribution in [3.8, 4) is 17.2 Å². The van der Waals surface area contributed by atoms with Gasteiger partial charge in [0.2, 0.25) is 0 Å². The van der Waals surface area contributed by atoms with Gasteiger partial charge in [0.25, 0.3) is 0 Å². The summed E-state index contributed by atoms with van der Waals surface area (Å²) in [7, 11) is 0. The Morgan fingerprint density at radius 2 is 0.830 bits per heavy atom. The number of aromatic hydroxyl groups is 1. The van der Waals surface area contributed by atoms with Gasteiger partial charge in [0.05, 0.1) is 18.9 Å². The fourth-order valence-corrected chi connectivity index (χ4v) is 6.11. The van der Waals surface area contributed by atoms with Gasteiger partial charge in [0, 0.05) is 17.8 Å². The van der Waals surface area contributed by atoms with Gasteiger partial charge in [0.15, 0.2) is 0 Å². The summed E-state index contributed by atoms with van der Waals surface area (Å²) >= 11 is 0. The fourth-order valence-electron chi connectivity index (χ4n) is 6.11. The van der Waals surface area contributed by atoms with Crippen molar-refractivity contribution in [1.29, 1.82) is 0 Å². The summed E-state index contributed by atoms with van der Waals surface area (Å²) in [6.07, 6.45) is 36.8.